The molecule has 1 aromatic rings. The average Bonchev–Trinajstić information content (AvgIpc) is 2.75. The molecule has 1 saturated heterocycles. The number of para-hydroxylation sites is 1. The fraction of sp³-hybridized carbons (Fsp3) is 0.526. The van der Waals surface area contributed by atoms with Crippen molar-refractivity contribution >= 4 is 11.7 Å². The summed E-state index contributed by atoms with van der Waals surface area (Å²) in [6.45, 7) is 5.42. The Kier molecular flexibility index (Phi) is 4.67. The molecule has 4 nitrogen and oxygen atoms in total. The summed E-state index contributed by atoms with van der Waals surface area (Å²) in [6.07, 6.45) is -1.20. The first-order valence-electron chi connectivity index (χ1n) is 8.61. The lowest BCUT2D eigenvalue weighted by molar-refractivity contribution is -0.274. The van der Waals surface area contributed by atoms with Crippen LogP contribution in [0.25, 0.3) is 5.57 Å². The van der Waals surface area contributed by atoms with Crippen molar-refractivity contribution in [3.63, 3.8) is 0 Å². The number of halogens is 3. The third-order valence-electron chi connectivity index (χ3n) is 4.46. The zero-order chi connectivity index (χ0) is 19.1. The highest BCUT2D eigenvalue weighted by Gasteiger charge is 2.42. The van der Waals surface area contributed by atoms with Crippen LogP contribution in [0.15, 0.2) is 30.3 Å². The van der Waals surface area contributed by atoms with Crippen molar-refractivity contribution in [1.29, 1.82) is 0 Å². The maximum Gasteiger partial charge on any atom is 0.573 e. The van der Waals surface area contributed by atoms with Gasteiger partial charge in [-0.3, -0.25) is 4.90 Å². The summed E-state index contributed by atoms with van der Waals surface area (Å²) in [5, 5.41) is 0. The number of carbonyl (C=O) groups excluding carboxylic acids is 1. The number of amides is 1. The van der Waals surface area contributed by atoms with E-state index in [0.717, 1.165) is 18.4 Å². The second kappa shape index (κ2) is 6.52. The molecule has 2 aliphatic heterocycles. The number of hydrogen-bond acceptors (Lipinski definition) is 3. The van der Waals surface area contributed by atoms with Crippen LogP contribution in [0.5, 0.6) is 5.75 Å². The Morgan fingerprint density at radius 1 is 1.15 bits per heavy atom. The van der Waals surface area contributed by atoms with Crippen molar-refractivity contribution < 1.29 is 27.4 Å². The Morgan fingerprint density at radius 2 is 1.85 bits per heavy atom. The van der Waals surface area contributed by atoms with Gasteiger partial charge in [-0.05, 0) is 51.7 Å². The first-order chi connectivity index (χ1) is 12.0. The van der Waals surface area contributed by atoms with E-state index in [-0.39, 0.29) is 23.9 Å². The van der Waals surface area contributed by atoms with Crippen molar-refractivity contribution in [2.75, 3.05) is 0 Å². The van der Waals surface area contributed by atoms with Crippen LogP contribution in [0.3, 0.4) is 0 Å². The quantitative estimate of drug-likeness (QED) is 0.724. The van der Waals surface area contributed by atoms with Gasteiger partial charge in [0.2, 0.25) is 0 Å². The summed E-state index contributed by atoms with van der Waals surface area (Å²) in [5.41, 5.74) is 0.607. The highest BCUT2D eigenvalue weighted by atomic mass is 19.4. The van der Waals surface area contributed by atoms with E-state index in [1.807, 2.05) is 26.8 Å². The van der Waals surface area contributed by atoms with Crippen LogP contribution < -0.4 is 4.74 Å². The predicted octanol–water partition coefficient (Wildman–Crippen LogP) is 5.14. The molecule has 2 heterocycles. The van der Waals surface area contributed by atoms with E-state index in [9.17, 15) is 18.0 Å². The largest absolute Gasteiger partial charge is 0.573 e. The molecule has 1 amide bonds. The van der Waals surface area contributed by atoms with E-state index in [1.54, 1.807) is 17.0 Å². The van der Waals surface area contributed by atoms with Gasteiger partial charge in [0.05, 0.1) is 6.04 Å². The molecule has 3 rings (SSSR count). The van der Waals surface area contributed by atoms with E-state index in [2.05, 4.69) is 4.74 Å². The van der Waals surface area contributed by atoms with Crippen LogP contribution in [-0.4, -0.2) is 35.0 Å². The molecule has 0 aromatic heterocycles. The molecule has 1 aromatic carbocycles. The van der Waals surface area contributed by atoms with Crippen LogP contribution in [0, 0.1) is 0 Å². The number of alkyl halides is 3. The number of ether oxygens (including phenoxy) is 2. The van der Waals surface area contributed by atoms with Crippen molar-refractivity contribution in [3.05, 3.63) is 35.9 Å². The predicted molar refractivity (Wildman–Crippen MR) is 90.6 cm³/mol. The Hall–Kier alpha value is -2.18. The van der Waals surface area contributed by atoms with Gasteiger partial charge in [-0.2, -0.15) is 0 Å². The van der Waals surface area contributed by atoms with Crippen molar-refractivity contribution in [2.24, 2.45) is 0 Å². The van der Waals surface area contributed by atoms with Gasteiger partial charge in [0.25, 0.3) is 0 Å². The van der Waals surface area contributed by atoms with Crippen LogP contribution in [0.1, 0.15) is 45.6 Å². The van der Waals surface area contributed by atoms with Crippen LogP contribution >= 0.6 is 0 Å². The molecule has 0 N–H and O–H groups in total. The van der Waals surface area contributed by atoms with Crippen LogP contribution in [0.4, 0.5) is 18.0 Å². The second-order valence-corrected chi connectivity index (χ2v) is 7.63. The lowest BCUT2D eigenvalue weighted by Gasteiger charge is -2.35. The first-order valence-corrected chi connectivity index (χ1v) is 8.61. The van der Waals surface area contributed by atoms with E-state index in [0.29, 0.717) is 12.0 Å². The summed E-state index contributed by atoms with van der Waals surface area (Å²) in [7, 11) is 0. The lowest BCUT2D eigenvalue weighted by atomic mass is 9.94. The lowest BCUT2D eigenvalue weighted by Crippen LogP contribution is -2.45. The molecule has 2 aliphatic rings. The summed E-state index contributed by atoms with van der Waals surface area (Å²) in [5.74, 6) is -0.212. The number of benzene rings is 1. The number of rotatable bonds is 2. The molecule has 26 heavy (non-hydrogen) atoms. The third-order valence-corrected chi connectivity index (χ3v) is 4.46. The SMILES string of the molecule is CC(C)(C)OC(=O)N1C2C=C(c3ccccc3OC(F)(F)F)CC1CC2. The monoisotopic (exact) mass is 369 g/mol. The molecule has 0 radical (unpaired) electrons. The van der Waals surface area contributed by atoms with E-state index in [4.69, 9.17) is 4.74 Å². The molecule has 0 aliphatic carbocycles. The Labute approximate surface area is 150 Å². The zero-order valence-electron chi connectivity index (χ0n) is 15.0. The molecule has 7 heteroatoms. The molecular weight excluding hydrogens is 347 g/mol. The average molecular weight is 369 g/mol. The molecule has 1 fully saturated rings. The first kappa shape index (κ1) is 18.6. The Balaban J connectivity index is 1.85. The van der Waals surface area contributed by atoms with Gasteiger partial charge in [0, 0.05) is 11.6 Å². The maximum absolute atomic E-state index is 12.7. The minimum absolute atomic E-state index is 0.0752. The minimum atomic E-state index is -4.74. The van der Waals surface area contributed by atoms with Crippen molar-refractivity contribution in [3.8, 4) is 5.75 Å². The van der Waals surface area contributed by atoms with Crippen molar-refractivity contribution in [2.45, 2.75) is 64.1 Å². The maximum atomic E-state index is 12.7. The standard InChI is InChI=1S/C19H22F3NO3/c1-18(2,3)26-17(24)23-13-8-9-14(23)11-12(10-13)15-6-4-5-7-16(15)25-19(20,21)22/h4-7,10,13-14H,8-9,11H2,1-3H3. The smallest absolute Gasteiger partial charge is 0.444 e. The number of nitrogens with zero attached hydrogens (tertiary/aromatic N) is 1. The molecule has 142 valence electrons. The highest BCUT2D eigenvalue weighted by Crippen LogP contribution is 2.42. The fourth-order valence-corrected chi connectivity index (χ4v) is 3.57. The van der Waals surface area contributed by atoms with Gasteiger partial charge < -0.3 is 9.47 Å². The number of hydrogen-bond donors (Lipinski definition) is 0. The third kappa shape index (κ3) is 4.14. The van der Waals surface area contributed by atoms with Crippen molar-refractivity contribution in [1.82, 2.24) is 4.90 Å². The molecule has 0 saturated carbocycles. The van der Waals surface area contributed by atoms with Gasteiger partial charge >= 0.3 is 12.5 Å². The fourth-order valence-electron chi connectivity index (χ4n) is 3.57. The number of fused-ring (bicyclic) bond motifs is 2. The molecule has 2 atom stereocenters. The summed E-state index contributed by atoms with van der Waals surface area (Å²) < 4.78 is 47.6. The Morgan fingerprint density at radius 3 is 2.46 bits per heavy atom. The second-order valence-electron chi connectivity index (χ2n) is 7.63. The molecule has 0 spiro atoms. The van der Waals surface area contributed by atoms with Gasteiger partial charge in [0.15, 0.2) is 0 Å². The van der Waals surface area contributed by atoms with Crippen LogP contribution in [-0.2, 0) is 4.74 Å². The van der Waals surface area contributed by atoms with Crippen LogP contribution in [0.2, 0.25) is 0 Å². The van der Waals surface area contributed by atoms with E-state index in [1.165, 1.54) is 12.1 Å². The van der Waals surface area contributed by atoms with Gasteiger partial charge in [-0.15, -0.1) is 13.2 Å². The number of carbonyl (C=O) groups is 1. The van der Waals surface area contributed by atoms with Gasteiger partial charge in [-0.25, -0.2) is 4.79 Å². The summed E-state index contributed by atoms with van der Waals surface area (Å²) in [6, 6.07) is 5.88. The summed E-state index contributed by atoms with van der Waals surface area (Å²) in [4.78, 5) is 14.2. The van der Waals surface area contributed by atoms with Gasteiger partial charge in [0.1, 0.15) is 11.4 Å². The zero-order valence-corrected chi connectivity index (χ0v) is 15.0. The minimum Gasteiger partial charge on any atom is -0.444 e. The molecule has 2 unspecified atom stereocenters. The van der Waals surface area contributed by atoms with Gasteiger partial charge in [-0.1, -0.05) is 24.3 Å². The Bertz CT molecular complexity index is 721. The molecular formula is C19H22F3NO3. The topological polar surface area (TPSA) is 38.8 Å². The molecule has 2 bridgehead atoms. The van der Waals surface area contributed by atoms with E-state index < -0.39 is 12.0 Å². The summed E-state index contributed by atoms with van der Waals surface area (Å²) >= 11 is 0. The van der Waals surface area contributed by atoms with E-state index >= 15 is 0 Å². The normalized spacial score (nSPS) is 22.8. The highest BCUT2D eigenvalue weighted by molar-refractivity contribution is 5.77.